The van der Waals surface area contributed by atoms with Gasteiger partial charge in [-0.2, -0.15) is 60.5 Å². The lowest BCUT2D eigenvalue weighted by atomic mass is 10.5. The largest absolute Gasteiger partial charge is 0.386 e. The van der Waals surface area contributed by atoms with Gasteiger partial charge in [0, 0.05) is 124 Å². The molecule has 0 spiro atoms. The van der Waals surface area contributed by atoms with Gasteiger partial charge in [-0.25, -0.2) is 20.1 Å². The van der Waals surface area contributed by atoms with Crippen LogP contribution in [0.3, 0.4) is 0 Å². The minimum absolute atomic E-state index is 0.0000924. The average Bonchev–Trinajstić information content (AvgIpc) is 4.10. The van der Waals surface area contributed by atoms with Crippen LogP contribution in [0.1, 0.15) is 25.7 Å². The molecule has 4 aliphatic heterocycles. The van der Waals surface area contributed by atoms with Crippen molar-refractivity contribution in [3.8, 4) is 0 Å². The van der Waals surface area contributed by atoms with Crippen molar-refractivity contribution in [1.82, 2.24) is 26.0 Å². The van der Waals surface area contributed by atoms with Crippen molar-refractivity contribution in [2.75, 3.05) is 46.0 Å². The summed E-state index contributed by atoms with van der Waals surface area (Å²) >= 11 is 10.4. The number of amides is 2. The molecule has 0 bridgehead atoms. The van der Waals surface area contributed by atoms with E-state index in [9.17, 15) is 39.1 Å². The predicted octanol–water partition coefficient (Wildman–Crippen LogP) is -1.80. The molecular weight excluding hydrogens is 1220 g/mol. The second-order valence-electron chi connectivity index (χ2n) is 14.6. The topological polar surface area (TPSA) is 594 Å². The molecule has 0 aromatic heterocycles. The third kappa shape index (κ3) is 40.1. The second kappa shape index (κ2) is 36.4. The van der Waals surface area contributed by atoms with Gasteiger partial charge in [0.25, 0.3) is 10.2 Å². The minimum Gasteiger partial charge on any atom is -0.386 e. The zero-order valence-corrected chi connectivity index (χ0v) is 49.4. The summed E-state index contributed by atoms with van der Waals surface area (Å²) < 4.78 is 83.6. The summed E-state index contributed by atoms with van der Waals surface area (Å²) in [6.07, 6.45) is 6.96. The van der Waals surface area contributed by atoms with Crippen molar-refractivity contribution < 1.29 is 39.1 Å². The van der Waals surface area contributed by atoms with Gasteiger partial charge in [-0.3, -0.25) is 35.4 Å². The number of nitrogens with two attached hydrogens (primary N) is 10. The summed E-state index contributed by atoms with van der Waals surface area (Å²) in [7, 11) is -13.1. The van der Waals surface area contributed by atoms with Crippen LogP contribution in [-0.4, -0.2) is 122 Å². The van der Waals surface area contributed by atoms with E-state index in [-0.39, 0.29) is 65.3 Å². The number of nitrogens with one attached hydrogen (secondary N) is 9. The summed E-state index contributed by atoms with van der Waals surface area (Å²) in [5.41, 5.74) is 40.5. The molecule has 0 saturated carbocycles. The average molecular weight is 1280 g/mol. The maximum absolute atomic E-state index is 11.8. The van der Waals surface area contributed by atoms with E-state index in [0.717, 1.165) is 49.4 Å². The number of hydrogen-bond donors (Lipinski definition) is 19. The van der Waals surface area contributed by atoms with E-state index >= 15 is 0 Å². The number of carbonyl (C=O) groups is 2. The van der Waals surface area contributed by atoms with Crippen LogP contribution in [-0.2, 0) is 51.0 Å². The van der Waals surface area contributed by atoms with E-state index in [1.807, 2.05) is 16.2 Å². The lowest BCUT2D eigenvalue weighted by Gasteiger charge is -2.05. The number of hydrogen-bond acceptors (Lipinski definition) is 24. The summed E-state index contributed by atoms with van der Waals surface area (Å²) in [6, 6.07) is 0. The maximum Gasteiger partial charge on any atom is 0.318 e. The van der Waals surface area contributed by atoms with Crippen molar-refractivity contribution in [3.63, 3.8) is 0 Å². The Labute approximate surface area is 478 Å². The van der Waals surface area contributed by atoms with E-state index < -0.39 is 47.3 Å². The number of thioether (sulfide) groups is 7. The Bertz CT molecular complexity index is 2870. The smallest absolute Gasteiger partial charge is 0.318 e. The zero-order valence-electron chi connectivity index (χ0n) is 40.4. The fourth-order valence-corrected chi connectivity index (χ4v) is 13.2. The second-order valence-corrected chi connectivity index (χ2v) is 26.8. The van der Waals surface area contributed by atoms with Gasteiger partial charge in [-0.1, -0.05) is 47.0 Å². The van der Waals surface area contributed by atoms with Crippen molar-refractivity contribution in [1.29, 1.82) is 21.6 Å². The molecule has 4 heterocycles. The molecular formula is C36H61N21O9S11. The third-order valence-electron chi connectivity index (χ3n) is 7.48. The molecule has 4 rings (SSSR count). The first kappa shape index (κ1) is 70.2. The molecule has 1 atom stereocenters. The fraction of sp³-hybridized carbons (Fsp3) is 0.333. The van der Waals surface area contributed by atoms with Crippen LogP contribution in [0.15, 0.2) is 97.6 Å². The van der Waals surface area contributed by atoms with Crippen LogP contribution in [0, 0.1) is 21.6 Å². The maximum atomic E-state index is 11.8. The van der Waals surface area contributed by atoms with Crippen molar-refractivity contribution in [2.45, 2.75) is 25.7 Å². The van der Waals surface area contributed by atoms with Gasteiger partial charge in [-0.15, -0.1) is 8.80 Å². The van der Waals surface area contributed by atoms with E-state index in [2.05, 4.69) is 35.2 Å². The van der Waals surface area contributed by atoms with Gasteiger partial charge < -0.3 is 61.4 Å². The van der Waals surface area contributed by atoms with Crippen LogP contribution in [0.25, 0.3) is 0 Å². The number of primary amides is 1. The third-order valence-corrected chi connectivity index (χ3v) is 16.8. The Morgan fingerprint density at radius 3 is 1.21 bits per heavy atom. The summed E-state index contributed by atoms with van der Waals surface area (Å²) in [4.78, 5) is 21.7. The van der Waals surface area contributed by atoms with Gasteiger partial charge in [0.15, 0.2) is 0 Å². The van der Waals surface area contributed by atoms with Crippen molar-refractivity contribution in [2.24, 2.45) is 64.3 Å². The molecule has 0 saturated heterocycles. The SMILES string of the molecule is N=C(N)C=C1NC(CS(=O)CCC(N)=NS(N)(=O)=O)=CS1.N=C(N)C=C1NC(CSCCC(=O)NS(N)(=O)=O)=CS1.N=C(N)C=C1NC(CSCCC(N)=NS(N)(=O)=O)=CS1.N=C(N)C=C1NC(CSCCC(N)=O)=CS1. The standard InChI is InChI=1S/C9H16N6O3S3.C9H16N6O2S3.C9H15N5O3S3.C9H14N4OS2/c10-7(11)3-9-14-6(4-19-9)5-20(16)2-1-8(12)15-21(13,17)18;10-7(11)3-9-14-6(5-19-9)4-18-2-1-8(12)15-20(13,16)17;10-7(11)3-9-13-6(5-19-9)4-18-2-1-8(15)14-20(12,16)17;10-7(11)3-9-13-6(5-16-9)4-15-2-1-8(12)14/h3-4,14H,1-2,5H2,(H3,10,11)(H2,12,15)(H2,13,17,18);3,5,14H,1-2,4H2,(H3,10,11)(H2,12,15)(H2,13,16,17);3,5,13H,1-2,4H2,(H3,10,11)(H,14,15)(H2,12,16,17);3,5,13H,1-2,4H2,(H3,10,11)(H2,12,14). The quantitative estimate of drug-likeness (QED) is 0.0245. The molecule has 0 fully saturated rings. The van der Waals surface area contributed by atoms with Gasteiger partial charge in [0.1, 0.15) is 35.0 Å². The lowest BCUT2D eigenvalue weighted by Crippen LogP contribution is -2.36. The molecule has 30 nitrogen and oxygen atoms in total. The summed E-state index contributed by atoms with van der Waals surface area (Å²) in [5, 5.41) is 65.6. The molecule has 430 valence electrons. The van der Waals surface area contributed by atoms with E-state index in [1.54, 1.807) is 39.7 Å². The monoisotopic (exact) mass is 1280 g/mol. The van der Waals surface area contributed by atoms with Gasteiger partial charge in [0.05, 0.1) is 25.9 Å². The Morgan fingerprint density at radius 1 is 0.545 bits per heavy atom. The molecule has 4 aliphatic rings. The highest BCUT2D eigenvalue weighted by molar-refractivity contribution is 8.07. The van der Waals surface area contributed by atoms with Gasteiger partial charge in [0.2, 0.25) is 11.8 Å². The van der Waals surface area contributed by atoms with Gasteiger partial charge >= 0.3 is 20.4 Å². The first-order valence-electron chi connectivity index (χ1n) is 20.9. The molecule has 2 amide bonds. The Hall–Kier alpha value is -4.79. The van der Waals surface area contributed by atoms with Crippen LogP contribution in [0.2, 0.25) is 0 Å². The molecule has 0 radical (unpaired) electrons. The van der Waals surface area contributed by atoms with Crippen LogP contribution in [0.5, 0.6) is 0 Å². The van der Waals surface area contributed by atoms with Gasteiger partial charge in [-0.05, 0) is 21.6 Å². The Morgan fingerprint density at radius 2 is 0.870 bits per heavy atom. The number of carbonyl (C=O) groups excluding carboxylic acids is 2. The summed E-state index contributed by atoms with van der Waals surface area (Å²) in [5.74, 6) is 3.26. The van der Waals surface area contributed by atoms with E-state index in [1.165, 1.54) is 77.0 Å². The van der Waals surface area contributed by atoms with Crippen molar-refractivity contribution in [3.05, 3.63) is 88.8 Å². The zero-order chi connectivity index (χ0) is 58.4. The van der Waals surface area contributed by atoms with Crippen LogP contribution in [0.4, 0.5) is 0 Å². The number of rotatable bonds is 27. The molecule has 77 heavy (non-hydrogen) atoms. The minimum atomic E-state index is -4.01. The molecule has 0 aromatic carbocycles. The highest BCUT2D eigenvalue weighted by Crippen LogP contribution is 2.28. The normalized spacial score (nSPS) is 17.8. The fourth-order valence-electron chi connectivity index (χ4n) is 4.69. The predicted molar refractivity (Wildman–Crippen MR) is 323 cm³/mol. The highest BCUT2D eigenvalue weighted by atomic mass is 32.2. The number of amidine groups is 6. The Balaban J connectivity index is 0.000000516. The molecule has 1 unspecified atom stereocenters. The van der Waals surface area contributed by atoms with E-state index in [4.69, 9.17) is 72.1 Å². The van der Waals surface area contributed by atoms with Crippen molar-refractivity contribution >= 4 is 171 Å². The molecule has 41 heteroatoms. The first-order valence-corrected chi connectivity index (χ1v) is 34.0. The summed E-state index contributed by atoms with van der Waals surface area (Å²) in [6.45, 7) is 0. The lowest BCUT2D eigenvalue weighted by molar-refractivity contribution is -0.119. The molecule has 0 aromatic rings. The van der Waals surface area contributed by atoms with E-state index in [0.29, 0.717) is 40.9 Å². The molecule has 0 aliphatic carbocycles. The Kier molecular flexibility index (Phi) is 33.2. The number of nitrogens with zero attached hydrogens (tertiary/aromatic N) is 2. The first-order chi connectivity index (χ1) is 35.7. The molecule has 29 N–H and O–H groups in total. The van der Waals surface area contributed by atoms with Crippen LogP contribution >= 0.6 is 82.3 Å². The highest BCUT2D eigenvalue weighted by Gasteiger charge is 2.16. The van der Waals surface area contributed by atoms with Crippen LogP contribution < -0.4 is 81.5 Å².